The molecule has 0 spiro atoms. The molecule has 0 aliphatic carbocycles. The van der Waals surface area contributed by atoms with E-state index in [4.69, 9.17) is 21.2 Å². The van der Waals surface area contributed by atoms with Crippen LogP contribution in [0.1, 0.15) is 11.3 Å². The molecule has 9 nitrogen and oxygen atoms in total. The Morgan fingerprint density at radius 1 is 1.24 bits per heavy atom. The van der Waals surface area contributed by atoms with Gasteiger partial charge in [0, 0.05) is 6.42 Å². The highest BCUT2D eigenvalue weighted by molar-refractivity contribution is 5.43. The summed E-state index contributed by atoms with van der Waals surface area (Å²) in [6, 6.07) is 5.31. The van der Waals surface area contributed by atoms with Gasteiger partial charge in [-0.3, -0.25) is 10.2 Å². The number of hydrazine groups is 1. The molecular weight excluding hydrogens is 276 g/mol. The van der Waals surface area contributed by atoms with Crippen LogP contribution in [0.2, 0.25) is 0 Å². The minimum absolute atomic E-state index is 0.0175. The second kappa shape index (κ2) is 6.09. The molecular formula is C12H16N6O3. The summed E-state index contributed by atoms with van der Waals surface area (Å²) in [5.41, 5.74) is 2.72. The molecule has 5 N–H and O–H groups in total. The average Bonchev–Trinajstić information content (AvgIpc) is 2.52. The van der Waals surface area contributed by atoms with Crippen molar-refractivity contribution in [3.63, 3.8) is 0 Å². The van der Waals surface area contributed by atoms with Crippen LogP contribution in [0.5, 0.6) is 11.5 Å². The average molecular weight is 292 g/mol. The van der Waals surface area contributed by atoms with Crippen molar-refractivity contribution in [1.82, 2.24) is 14.9 Å². The Morgan fingerprint density at radius 3 is 2.57 bits per heavy atom. The molecule has 0 saturated heterocycles. The zero-order valence-electron chi connectivity index (χ0n) is 11.7. The number of nitrogen functional groups attached to an aromatic ring is 2. The van der Waals surface area contributed by atoms with Gasteiger partial charge in [0.05, 0.1) is 14.2 Å². The zero-order valence-corrected chi connectivity index (χ0v) is 11.7. The molecule has 1 heterocycles. The third-order valence-corrected chi connectivity index (χ3v) is 2.91. The van der Waals surface area contributed by atoms with Gasteiger partial charge >= 0.3 is 0 Å². The van der Waals surface area contributed by atoms with E-state index in [2.05, 4.69) is 15.6 Å². The number of nitrogens with zero attached hydrogens (tertiary/aromatic N) is 3. The van der Waals surface area contributed by atoms with Gasteiger partial charge in [-0.25, -0.2) is 5.84 Å². The van der Waals surface area contributed by atoms with Crippen LogP contribution < -0.4 is 32.1 Å². The second-order valence-electron chi connectivity index (χ2n) is 4.16. The number of hydrogen-bond acceptors (Lipinski definition) is 8. The Balaban J connectivity index is 2.35. The number of nitrogens with two attached hydrogens (primary N) is 2. The first-order valence-corrected chi connectivity index (χ1v) is 6.02. The fourth-order valence-corrected chi connectivity index (χ4v) is 1.83. The number of rotatable bonds is 5. The van der Waals surface area contributed by atoms with Crippen LogP contribution in [0.3, 0.4) is 0 Å². The monoisotopic (exact) mass is 292 g/mol. The molecule has 0 aliphatic heterocycles. The predicted molar refractivity (Wildman–Crippen MR) is 76.6 cm³/mol. The van der Waals surface area contributed by atoms with Crippen molar-refractivity contribution in [2.45, 2.75) is 6.42 Å². The van der Waals surface area contributed by atoms with Crippen molar-refractivity contribution in [2.24, 2.45) is 5.84 Å². The lowest BCUT2D eigenvalue weighted by molar-refractivity contribution is 0.354. The standard InChI is InChI=1S/C12H16N6O3/c1-20-9-4-3-7(6-10(9)21-2)5-8-11(19)18(14)12(15-13)17-16-8/h3-4,6H,5,13-14H2,1-2H3,(H,15,17). The molecule has 9 heteroatoms. The summed E-state index contributed by atoms with van der Waals surface area (Å²) in [5.74, 6) is 11.9. The van der Waals surface area contributed by atoms with Gasteiger partial charge in [0.25, 0.3) is 11.5 Å². The number of hydrogen-bond donors (Lipinski definition) is 3. The van der Waals surface area contributed by atoms with E-state index in [1.54, 1.807) is 25.3 Å². The van der Waals surface area contributed by atoms with Gasteiger partial charge in [-0.1, -0.05) is 6.07 Å². The molecule has 0 aliphatic rings. The fraction of sp³-hybridized carbons (Fsp3) is 0.250. The molecule has 0 bridgehead atoms. The molecule has 0 radical (unpaired) electrons. The lowest BCUT2D eigenvalue weighted by Gasteiger charge is -2.10. The van der Waals surface area contributed by atoms with Crippen LogP contribution in [-0.2, 0) is 6.42 Å². The van der Waals surface area contributed by atoms with Crippen LogP contribution in [0, 0.1) is 0 Å². The minimum atomic E-state index is -0.479. The minimum Gasteiger partial charge on any atom is -0.493 e. The summed E-state index contributed by atoms with van der Waals surface area (Å²) in [7, 11) is 3.09. The third-order valence-electron chi connectivity index (χ3n) is 2.91. The Hall–Kier alpha value is -2.81. The molecule has 0 saturated carbocycles. The first-order chi connectivity index (χ1) is 10.1. The summed E-state index contributed by atoms with van der Waals surface area (Å²) in [6.07, 6.45) is 0.258. The maximum absolute atomic E-state index is 12.0. The number of anilines is 1. The van der Waals surface area contributed by atoms with Gasteiger partial charge < -0.3 is 15.3 Å². The molecule has 1 aromatic carbocycles. The van der Waals surface area contributed by atoms with Crippen molar-refractivity contribution < 1.29 is 9.47 Å². The lowest BCUT2D eigenvalue weighted by atomic mass is 10.1. The van der Waals surface area contributed by atoms with Crippen molar-refractivity contribution >= 4 is 5.95 Å². The molecule has 0 atom stereocenters. The normalized spacial score (nSPS) is 10.2. The zero-order chi connectivity index (χ0) is 15.4. The molecule has 0 amide bonds. The SMILES string of the molecule is COc1ccc(Cc2nnc(NN)n(N)c2=O)cc1OC. The summed E-state index contributed by atoms with van der Waals surface area (Å²) < 4.78 is 11.2. The van der Waals surface area contributed by atoms with Crippen molar-refractivity contribution in [3.8, 4) is 11.5 Å². The summed E-state index contributed by atoms with van der Waals surface area (Å²) >= 11 is 0. The smallest absolute Gasteiger partial charge is 0.295 e. The van der Waals surface area contributed by atoms with Crippen LogP contribution >= 0.6 is 0 Å². The van der Waals surface area contributed by atoms with Gasteiger partial charge in [0.1, 0.15) is 5.69 Å². The van der Waals surface area contributed by atoms with E-state index in [0.29, 0.717) is 11.5 Å². The van der Waals surface area contributed by atoms with E-state index in [1.165, 1.54) is 7.11 Å². The molecule has 0 unspecified atom stereocenters. The Labute approximate surface area is 120 Å². The van der Waals surface area contributed by atoms with Crippen LogP contribution in [0.4, 0.5) is 5.95 Å². The summed E-state index contributed by atoms with van der Waals surface area (Å²) in [6.45, 7) is 0. The van der Waals surface area contributed by atoms with Gasteiger partial charge in [-0.15, -0.1) is 10.2 Å². The van der Waals surface area contributed by atoms with Crippen molar-refractivity contribution in [1.29, 1.82) is 0 Å². The van der Waals surface area contributed by atoms with Crippen molar-refractivity contribution in [3.05, 3.63) is 39.8 Å². The molecule has 21 heavy (non-hydrogen) atoms. The molecule has 1 aromatic heterocycles. The third kappa shape index (κ3) is 2.87. The Morgan fingerprint density at radius 2 is 1.95 bits per heavy atom. The molecule has 2 aromatic rings. The number of methoxy groups -OCH3 is 2. The predicted octanol–water partition coefficient (Wildman–Crippen LogP) is -0.754. The summed E-state index contributed by atoms with van der Waals surface area (Å²) in [5, 5.41) is 7.55. The van der Waals surface area contributed by atoms with Crippen molar-refractivity contribution in [2.75, 3.05) is 25.5 Å². The quantitative estimate of drug-likeness (QED) is 0.484. The fourth-order valence-electron chi connectivity index (χ4n) is 1.83. The second-order valence-corrected chi connectivity index (χ2v) is 4.16. The lowest BCUT2D eigenvalue weighted by Crippen LogP contribution is -2.35. The van der Waals surface area contributed by atoms with Gasteiger partial charge in [0.2, 0.25) is 0 Å². The number of nitrogens with one attached hydrogen (secondary N) is 1. The number of ether oxygens (including phenoxy) is 2. The van der Waals surface area contributed by atoms with Gasteiger partial charge in [0.15, 0.2) is 11.5 Å². The molecule has 112 valence electrons. The van der Waals surface area contributed by atoms with E-state index >= 15 is 0 Å². The van der Waals surface area contributed by atoms with E-state index in [9.17, 15) is 4.79 Å². The first-order valence-electron chi connectivity index (χ1n) is 6.02. The number of benzene rings is 1. The highest BCUT2D eigenvalue weighted by atomic mass is 16.5. The summed E-state index contributed by atoms with van der Waals surface area (Å²) in [4.78, 5) is 12.0. The van der Waals surface area contributed by atoms with Crippen LogP contribution in [0.15, 0.2) is 23.0 Å². The molecule has 2 rings (SSSR count). The van der Waals surface area contributed by atoms with Crippen LogP contribution in [0.25, 0.3) is 0 Å². The Kier molecular flexibility index (Phi) is 4.24. The van der Waals surface area contributed by atoms with E-state index in [0.717, 1.165) is 10.2 Å². The highest BCUT2D eigenvalue weighted by Crippen LogP contribution is 2.27. The Bertz CT molecular complexity index is 700. The van der Waals surface area contributed by atoms with Crippen LogP contribution in [-0.4, -0.2) is 29.1 Å². The maximum atomic E-state index is 12.0. The number of aromatic nitrogens is 3. The molecule has 0 fully saturated rings. The first kappa shape index (κ1) is 14.6. The van der Waals surface area contributed by atoms with E-state index in [1.807, 2.05) is 0 Å². The topological polar surface area (TPSA) is 130 Å². The maximum Gasteiger partial charge on any atom is 0.295 e. The van der Waals surface area contributed by atoms with Gasteiger partial charge in [-0.05, 0) is 17.7 Å². The highest BCUT2D eigenvalue weighted by Gasteiger charge is 2.11. The van der Waals surface area contributed by atoms with Gasteiger partial charge in [-0.2, -0.15) is 4.68 Å². The van der Waals surface area contributed by atoms with E-state index in [-0.39, 0.29) is 18.1 Å². The van der Waals surface area contributed by atoms with E-state index < -0.39 is 5.56 Å². The largest absolute Gasteiger partial charge is 0.493 e.